The molecule has 0 spiro atoms. The molecule has 2 N–H and O–H groups in total. The second kappa shape index (κ2) is 9.51. The maximum atomic E-state index is 12.3. The minimum absolute atomic E-state index is 0.172. The highest BCUT2D eigenvalue weighted by molar-refractivity contribution is 5.92. The van der Waals surface area contributed by atoms with E-state index in [9.17, 15) is 14.7 Å². The molecule has 0 aliphatic rings. The molecule has 0 aliphatic carbocycles. The van der Waals surface area contributed by atoms with Crippen LogP contribution < -0.4 is 5.32 Å². The van der Waals surface area contributed by atoms with Gasteiger partial charge in [0.1, 0.15) is 0 Å². The van der Waals surface area contributed by atoms with Gasteiger partial charge in [0.25, 0.3) is 0 Å². The van der Waals surface area contributed by atoms with Crippen molar-refractivity contribution in [2.45, 2.75) is 19.4 Å². The summed E-state index contributed by atoms with van der Waals surface area (Å²) in [6.07, 6.45) is 2.98. The minimum atomic E-state index is -0.962. The number of carboxylic acids is 1. The van der Waals surface area contributed by atoms with Crippen molar-refractivity contribution in [1.82, 2.24) is 5.32 Å². The van der Waals surface area contributed by atoms with Gasteiger partial charge in [0, 0.05) is 6.08 Å². The monoisotopic (exact) mass is 385 g/mol. The van der Waals surface area contributed by atoms with E-state index in [0.717, 1.165) is 27.8 Å². The minimum Gasteiger partial charge on any atom is -0.481 e. The van der Waals surface area contributed by atoms with Crippen molar-refractivity contribution in [1.29, 1.82) is 0 Å². The van der Waals surface area contributed by atoms with Crippen LogP contribution in [0, 0.1) is 6.92 Å². The van der Waals surface area contributed by atoms with Crippen molar-refractivity contribution in [2.24, 2.45) is 0 Å². The van der Waals surface area contributed by atoms with Crippen molar-refractivity contribution in [3.63, 3.8) is 0 Å². The predicted molar refractivity (Wildman–Crippen MR) is 115 cm³/mol. The molecule has 0 heterocycles. The van der Waals surface area contributed by atoms with Crippen LogP contribution in [0.15, 0.2) is 84.9 Å². The van der Waals surface area contributed by atoms with E-state index in [0.29, 0.717) is 0 Å². The Balaban J connectivity index is 1.66. The summed E-state index contributed by atoms with van der Waals surface area (Å²) in [5.74, 6) is -1.29. The number of carbonyl (C=O) groups is 2. The Labute approximate surface area is 170 Å². The second-order valence-electron chi connectivity index (χ2n) is 6.89. The van der Waals surface area contributed by atoms with Crippen molar-refractivity contribution in [3.05, 3.63) is 102 Å². The number of aliphatic carboxylic acids is 1. The van der Waals surface area contributed by atoms with Gasteiger partial charge >= 0.3 is 5.97 Å². The third kappa shape index (κ3) is 5.91. The summed E-state index contributed by atoms with van der Waals surface area (Å²) in [6.45, 7) is 1.96. The Morgan fingerprint density at radius 2 is 1.52 bits per heavy atom. The first kappa shape index (κ1) is 20.1. The zero-order valence-electron chi connectivity index (χ0n) is 16.2. The maximum absolute atomic E-state index is 12.3. The Morgan fingerprint density at radius 1 is 0.897 bits per heavy atom. The van der Waals surface area contributed by atoms with E-state index < -0.39 is 12.0 Å². The molecule has 0 saturated carbocycles. The van der Waals surface area contributed by atoms with Crippen molar-refractivity contribution >= 4 is 18.0 Å². The number of carboxylic acid groups (broad SMARTS) is 1. The molecule has 3 aromatic rings. The molecule has 4 heteroatoms. The van der Waals surface area contributed by atoms with E-state index in [1.165, 1.54) is 6.08 Å². The molecule has 0 aliphatic heterocycles. The van der Waals surface area contributed by atoms with Crippen LogP contribution in [0.3, 0.4) is 0 Å². The van der Waals surface area contributed by atoms with Gasteiger partial charge in [0.05, 0.1) is 12.5 Å². The van der Waals surface area contributed by atoms with Crippen LogP contribution in [0.5, 0.6) is 0 Å². The zero-order chi connectivity index (χ0) is 20.6. The summed E-state index contributed by atoms with van der Waals surface area (Å²) in [4.78, 5) is 23.5. The van der Waals surface area contributed by atoms with E-state index in [1.54, 1.807) is 6.08 Å². The van der Waals surface area contributed by atoms with Gasteiger partial charge in [-0.05, 0) is 35.3 Å². The van der Waals surface area contributed by atoms with Crippen LogP contribution >= 0.6 is 0 Å². The summed E-state index contributed by atoms with van der Waals surface area (Å²) in [5.41, 5.74) is 4.98. The number of benzene rings is 3. The number of hydrogen-bond donors (Lipinski definition) is 2. The molecule has 3 rings (SSSR count). The summed E-state index contributed by atoms with van der Waals surface area (Å²) in [6, 6.07) is 24.9. The second-order valence-corrected chi connectivity index (χ2v) is 6.89. The van der Waals surface area contributed by atoms with E-state index >= 15 is 0 Å². The molecular formula is C25H23NO3. The first-order chi connectivity index (χ1) is 14.0. The predicted octanol–water partition coefficient (Wildman–Crippen LogP) is 5.01. The topological polar surface area (TPSA) is 66.4 Å². The van der Waals surface area contributed by atoms with Crippen LogP contribution in [-0.2, 0) is 9.59 Å². The molecule has 0 aromatic heterocycles. The summed E-state index contributed by atoms with van der Waals surface area (Å²) in [7, 11) is 0. The van der Waals surface area contributed by atoms with Crippen LogP contribution in [0.4, 0.5) is 0 Å². The normalized spacial score (nSPS) is 11.9. The van der Waals surface area contributed by atoms with Crippen LogP contribution in [-0.4, -0.2) is 17.0 Å². The highest BCUT2D eigenvalue weighted by atomic mass is 16.4. The van der Waals surface area contributed by atoms with Crippen LogP contribution in [0.1, 0.15) is 29.2 Å². The molecule has 29 heavy (non-hydrogen) atoms. The van der Waals surface area contributed by atoms with Gasteiger partial charge in [-0.25, -0.2) is 0 Å². The summed E-state index contributed by atoms with van der Waals surface area (Å²) in [5, 5.41) is 12.0. The highest BCUT2D eigenvalue weighted by Gasteiger charge is 2.17. The molecule has 1 unspecified atom stereocenters. The number of carbonyl (C=O) groups excluding carboxylic acids is 1. The third-order valence-corrected chi connectivity index (χ3v) is 4.62. The zero-order valence-corrected chi connectivity index (χ0v) is 16.2. The molecule has 146 valence electrons. The van der Waals surface area contributed by atoms with E-state index in [1.807, 2.05) is 85.8 Å². The van der Waals surface area contributed by atoms with Gasteiger partial charge in [-0.15, -0.1) is 0 Å². The Kier molecular flexibility index (Phi) is 6.59. The lowest BCUT2D eigenvalue weighted by molar-refractivity contribution is -0.137. The molecular weight excluding hydrogens is 362 g/mol. The lowest BCUT2D eigenvalue weighted by Gasteiger charge is -2.16. The number of nitrogens with one attached hydrogen (secondary N) is 1. The summed E-state index contributed by atoms with van der Waals surface area (Å²) >= 11 is 0. The largest absolute Gasteiger partial charge is 0.481 e. The quantitative estimate of drug-likeness (QED) is 0.562. The van der Waals surface area contributed by atoms with Gasteiger partial charge in [0.15, 0.2) is 0 Å². The fourth-order valence-corrected chi connectivity index (χ4v) is 3.03. The first-order valence-corrected chi connectivity index (χ1v) is 9.44. The SMILES string of the molecule is Cc1ccc(C(CC(=O)O)NC(=O)/C=C/c2ccc(-c3ccccc3)cc2)cc1. The number of amides is 1. The van der Waals surface area contributed by atoms with Gasteiger partial charge in [-0.1, -0.05) is 84.4 Å². The number of aryl methyl sites for hydroxylation is 1. The van der Waals surface area contributed by atoms with Crippen LogP contribution in [0.2, 0.25) is 0 Å². The molecule has 0 bridgehead atoms. The third-order valence-electron chi connectivity index (χ3n) is 4.62. The van der Waals surface area contributed by atoms with Gasteiger partial charge in [-0.3, -0.25) is 9.59 Å². The molecule has 1 amide bonds. The Morgan fingerprint density at radius 3 is 2.14 bits per heavy atom. The van der Waals surface area contributed by atoms with Gasteiger partial charge in [0.2, 0.25) is 5.91 Å². The van der Waals surface area contributed by atoms with Gasteiger partial charge < -0.3 is 10.4 Å². The first-order valence-electron chi connectivity index (χ1n) is 9.44. The Bertz CT molecular complexity index is 991. The Hall–Kier alpha value is -3.66. The fraction of sp³-hybridized carbons (Fsp3) is 0.120. The number of hydrogen-bond acceptors (Lipinski definition) is 2. The maximum Gasteiger partial charge on any atom is 0.305 e. The standard InChI is InChI=1S/C25H23NO3/c1-18-7-12-22(13-8-18)23(17-25(28)29)26-24(27)16-11-19-9-14-21(15-10-19)20-5-3-2-4-6-20/h2-16,23H,17H2,1H3,(H,26,27)(H,28,29)/b16-11+. The van der Waals surface area contributed by atoms with E-state index in [-0.39, 0.29) is 12.3 Å². The van der Waals surface area contributed by atoms with Crippen molar-refractivity contribution in [3.8, 4) is 11.1 Å². The van der Waals surface area contributed by atoms with Gasteiger partial charge in [-0.2, -0.15) is 0 Å². The fourth-order valence-electron chi connectivity index (χ4n) is 3.03. The average Bonchev–Trinajstić information content (AvgIpc) is 2.73. The van der Waals surface area contributed by atoms with Crippen molar-refractivity contribution in [2.75, 3.05) is 0 Å². The smallest absolute Gasteiger partial charge is 0.305 e. The molecule has 0 radical (unpaired) electrons. The molecule has 0 fully saturated rings. The number of rotatable bonds is 7. The molecule has 1 atom stereocenters. The van der Waals surface area contributed by atoms with E-state index in [4.69, 9.17) is 0 Å². The highest BCUT2D eigenvalue weighted by Crippen LogP contribution is 2.20. The van der Waals surface area contributed by atoms with Crippen molar-refractivity contribution < 1.29 is 14.7 Å². The lowest BCUT2D eigenvalue weighted by atomic mass is 10.0. The molecule has 3 aromatic carbocycles. The average molecular weight is 385 g/mol. The molecule has 0 saturated heterocycles. The molecule has 4 nitrogen and oxygen atoms in total. The van der Waals surface area contributed by atoms with Crippen LogP contribution in [0.25, 0.3) is 17.2 Å². The van der Waals surface area contributed by atoms with E-state index in [2.05, 4.69) is 5.32 Å². The lowest BCUT2D eigenvalue weighted by Crippen LogP contribution is -2.28. The summed E-state index contributed by atoms with van der Waals surface area (Å²) < 4.78 is 0.